The van der Waals surface area contributed by atoms with Gasteiger partial charge < -0.3 is 15.2 Å². The van der Waals surface area contributed by atoms with Gasteiger partial charge in [0.25, 0.3) is 5.91 Å². The molecule has 0 aliphatic heterocycles. The molecule has 0 bridgehead atoms. The average molecular weight is 269 g/mol. The fourth-order valence-electron chi connectivity index (χ4n) is 1.44. The van der Waals surface area contributed by atoms with E-state index in [1.807, 2.05) is 0 Å². The zero-order chi connectivity index (χ0) is 14.6. The maximum atomic E-state index is 12.8. The van der Waals surface area contributed by atoms with Gasteiger partial charge in [-0.2, -0.15) is 0 Å². The van der Waals surface area contributed by atoms with E-state index >= 15 is 0 Å². The summed E-state index contributed by atoms with van der Waals surface area (Å²) in [5.74, 6) is -2.14. The van der Waals surface area contributed by atoms with Crippen molar-refractivity contribution in [3.63, 3.8) is 0 Å². The van der Waals surface area contributed by atoms with Crippen LogP contribution >= 0.6 is 0 Å². The molecule has 19 heavy (non-hydrogen) atoms. The number of carbonyl (C=O) groups excluding carboxylic acids is 2. The fourth-order valence-corrected chi connectivity index (χ4v) is 1.44. The molecule has 0 saturated carbocycles. The molecule has 1 rings (SSSR count). The number of aromatic hydroxyl groups is 1. The second-order valence-electron chi connectivity index (χ2n) is 4.72. The van der Waals surface area contributed by atoms with Gasteiger partial charge in [-0.3, -0.25) is 9.59 Å². The lowest BCUT2D eigenvalue weighted by atomic mass is 9.93. The van der Waals surface area contributed by atoms with Crippen LogP contribution in [0.5, 0.6) is 5.75 Å². The van der Waals surface area contributed by atoms with Crippen LogP contribution in [0, 0.1) is 11.2 Å². The van der Waals surface area contributed by atoms with Gasteiger partial charge in [0.05, 0.1) is 18.1 Å². The van der Waals surface area contributed by atoms with Gasteiger partial charge in [-0.15, -0.1) is 0 Å². The highest BCUT2D eigenvalue weighted by molar-refractivity contribution is 5.97. The minimum absolute atomic E-state index is 0.0370. The van der Waals surface area contributed by atoms with Crippen LogP contribution in [0.3, 0.4) is 0 Å². The molecular formula is C13H16FNO4. The Morgan fingerprint density at radius 2 is 2.05 bits per heavy atom. The minimum Gasteiger partial charge on any atom is -0.507 e. The predicted molar refractivity (Wildman–Crippen MR) is 66.2 cm³/mol. The van der Waals surface area contributed by atoms with Crippen LogP contribution in [0.1, 0.15) is 24.2 Å². The molecule has 1 aromatic rings. The number of methoxy groups -OCH3 is 1. The first-order chi connectivity index (χ1) is 8.77. The standard InChI is InChI=1S/C13H16FNO4/c1-13(2,12(18)19-3)7-15-11(17)9-5-4-8(14)6-10(9)16/h4-6,16H,7H2,1-3H3,(H,15,17). The van der Waals surface area contributed by atoms with E-state index in [0.29, 0.717) is 0 Å². The number of phenols is 1. The molecule has 2 N–H and O–H groups in total. The van der Waals surface area contributed by atoms with E-state index in [0.717, 1.165) is 12.1 Å². The van der Waals surface area contributed by atoms with Crippen molar-refractivity contribution in [1.82, 2.24) is 5.32 Å². The van der Waals surface area contributed by atoms with Crippen molar-refractivity contribution < 1.29 is 23.8 Å². The van der Waals surface area contributed by atoms with Gasteiger partial charge in [-0.1, -0.05) is 0 Å². The Hall–Kier alpha value is -2.11. The molecule has 0 aliphatic carbocycles. The van der Waals surface area contributed by atoms with Gasteiger partial charge >= 0.3 is 5.97 Å². The number of halogens is 1. The van der Waals surface area contributed by atoms with E-state index in [1.54, 1.807) is 13.8 Å². The van der Waals surface area contributed by atoms with Crippen molar-refractivity contribution in [2.75, 3.05) is 13.7 Å². The molecule has 0 aromatic heterocycles. The van der Waals surface area contributed by atoms with E-state index in [4.69, 9.17) is 0 Å². The number of phenolic OH excluding ortho intramolecular Hbond substituents is 1. The number of hydrogen-bond donors (Lipinski definition) is 2. The quantitative estimate of drug-likeness (QED) is 0.811. The minimum atomic E-state index is -0.889. The van der Waals surface area contributed by atoms with Gasteiger partial charge in [0, 0.05) is 12.6 Å². The second-order valence-corrected chi connectivity index (χ2v) is 4.72. The van der Waals surface area contributed by atoms with E-state index in [2.05, 4.69) is 10.1 Å². The summed E-state index contributed by atoms with van der Waals surface area (Å²) < 4.78 is 17.4. The average Bonchev–Trinajstić information content (AvgIpc) is 2.35. The highest BCUT2D eigenvalue weighted by Crippen LogP contribution is 2.19. The third-order valence-electron chi connectivity index (χ3n) is 2.63. The van der Waals surface area contributed by atoms with Gasteiger partial charge in [0.2, 0.25) is 0 Å². The maximum absolute atomic E-state index is 12.8. The number of hydrogen-bond acceptors (Lipinski definition) is 4. The van der Waals surface area contributed by atoms with Crippen molar-refractivity contribution in [2.24, 2.45) is 5.41 Å². The van der Waals surface area contributed by atoms with Gasteiger partial charge in [-0.05, 0) is 26.0 Å². The summed E-state index contributed by atoms with van der Waals surface area (Å²) in [6.07, 6.45) is 0. The molecule has 0 radical (unpaired) electrons. The highest BCUT2D eigenvalue weighted by atomic mass is 19.1. The molecular weight excluding hydrogens is 253 g/mol. The summed E-state index contributed by atoms with van der Waals surface area (Å²) in [4.78, 5) is 23.2. The zero-order valence-electron chi connectivity index (χ0n) is 11.0. The van der Waals surface area contributed by atoms with Crippen molar-refractivity contribution in [2.45, 2.75) is 13.8 Å². The lowest BCUT2D eigenvalue weighted by molar-refractivity contribution is -0.150. The smallest absolute Gasteiger partial charge is 0.313 e. The van der Waals surface area contributed by atoms with Gasteiger partial charge in [0.15, 0.2) is 0 Å². The number of benzene rings is 1. The maximum Gasteiger partial charge on any atom is 0.313 e. The first-order valence-corrected chi connectivity index (χ1v) is 5.63. The number of ether oxygens (including phenoxy) is 1. The molecule has 104 valence electrons. The monoisotopic (exact) mass is 269 g/mol. The van der Waals surface area contributed by atoms with Crippen LogP contribution in [0.2, 0.25) is 0 Å². The molecule has 1 aromatic carbocycles. The Morgan fingerprint density at radius 3 is 2.58 bits per heavy atom. The van der Waals surface area contributed by atoms with E-state index in [-0.39, 0.29) is 12.1 Å². The Morgan fingerprint density at radius 1 is 1.42 bits per heavy atom. The zero-order valence-corrected chi connectivity index (χ0v) is 11.0. The molecule has 0 heterocycles. The molecule has 0 atom stereocenters. The van der Waals surface area contributed by atoms with Gasteiger partial charge in [0.1, 0.15) is 11.6 Å². The first kappa shape index (κ1) is 14.9. The normalized spacial score (nSPS) is 10.9. The molecule has 0 unspecified atom stereocenters. The number of nitrogens with one attached hydrogen (secondary N) is 1. The lowest BCUT2D eigenvalue weighted by Gasteiger charge is -2.21. The first-order valence-electron chi connectivity index (χ1n) is 5.63. The molecule has 5 nitrogen and oxygen atoms in total. The third kappa shape index (κ3) is 3.67. The third-order valence-corrected chi connectivity index (χ3v) is 2.63. The second kappa shape index (κ2) is 5.69. The van der Waals surface area contributed by atoms with Crippen LogP contribution in [-0.4, -0.2) is 30.6 Å². The Kier molecular flexibility index (Phi) is 4.47. The molecule has 1 amide bonds. The Bertz CT molecular complexity index is 499. The van der Waals surface area contributed by atoms with Crippen molar-refractivity contribution >= 4 is 11.9 Å². The summed E-state index contributed by atoms with van der Waals surface area (Å²) in [6.45, 7) is 3.27. The van der Waals surface area contributed by atoms with Crippen molar-refractivity contribution in [3.8, 4) is 5.75 Å². The summed E-state index contributed by atoms with van der Waals surface area (Å²) in [5.41, 5.74) is -0.942. The molecule has 0 spiro atoms. The van der Waals surface area contributed by atoms with Crippen molar-refractivity contribution in [1.29, 1.82) is 0 Å². The number of rotatable bonds is 4. The van der Waals surface area contributed by atoms with Crippen LogP contribution in [0.4, 0.5) is 4.39 Å². The number of carbonyl (C=O) groups is 2. The lowest BCUT2D eigenvalue weighted by Crippen LogP contribution is -2.39. The summed E-state index contributed by atoms with van der Waals surface area (Å²) >= 11 is 0. The van der Waals surface area contributed by atoms with Gasteiger partial charge in [-0.25, -0.2) is 4.39 Å². The topological polar surface area (TPSA) is 75.6 Å². The number of esters is 1. The predicted octanol–water partition coefficient (Wildman–Crippen LogP) is 1.46. The Labute approximate surface area is 110 Å². The largest absolute Gasteiger partial charge is 0.507 e. The fraction of sp³-hybridized carbons (Fsp3) is 0.385. The molecule has 6 heteroatoms. The molecule has 0 aliphatic rings. The summed E-state index contributed by atoms with van der Waals surface area (Å²) in [5, 5.41) is 11.9. The molecule has 0 fully saturated rings. The highest BCUT2D eigenvalue weighted by Gasteiger charge is 2.29. The molecule has 0 saturated heterocycles. The number of amides is 1. The van der Waals surface area contributed by atoms with Crippen LogP contribution < -0.4 is 5.32 Å². The SMILES string of the molecule is COC(=O)C(C)(C)CNC(=O)c1ccc(F)cc1O. The summed E-state index contributed by atoms with van der Waals surface area (Å²) in [7, 11) is 1.26. The Balaban J connectivity index is 2.73. The van der Waals surface area contributed by atoms with E-state index in [9.17, 15) is 19.1 Å². The summed E-state index contributed by atoms with van der Waals surface area (Å²) in [6, 6.07) is 3.09. The van der Waals surface area contributed by atoms with E-state index < -0.39 is 28.9 Å². The van der Waals surface area contributed by atoms with Crippen molar-refractivity contribution in [3.05, 3.63) is 29.6 Å². The van der Waals surface area contributed by atoms with Crippen LogP contribution in [0.25, 0.3) is 0 Å². The van der Waals surface area contributed by atoms with Crippen LogP contribution in [0.15, 0.2) is 18.2 Å². The van der Waals surface area contributed by atoms with E-state index in [1.165, 1.54) is 13.2 Å². The van der Waals surface area contributed by atoms with Crippen LogP contribution in [-0.2, 0) is 9.53 Å².